The molecule has 3 rings (SSSR count). The first kappa shape index (κ1) is 17.6. The predicted octanol–water partition coefficient (Wildman–Crippen LogP) is 2.63. The van der Waals surface area contributed by atoms with Gasteiger partial charge in [0.25, 0.3) is 0 Å². The second kappa shape index (κ2) is 7.79. The number of nitrogens with one attached hydrogen (secondary N) is 1. The summed E-state index contributed by atoms with van der Waals surface area (Å²) in [5, 5.41) is 10.3. The summed E-state index contributed by atoms with van der Waals surface area (Å²) < 4.78 is 0. The maximum Gasteiger partial charge on any atom is 0.395 e. The summed E-state index contributed by atoms with van der Waals surface area (Å²) in [6.07, 6.45) is 11.0. The molecular weight excluding hydrogens is 322 g/mol. The monoisotopic (exact) mass is 348 g/mol. The van der Waals surface area contributed by atoms with Crippen LogP contribution in [0, 0.1) is 11.8 Å². The Kier molecular flexibility index (Phi) is 5.72. The Labute approximate surface area is 149 Å². The largest absolute Gasteiger partial charge is 0.396 e. The Balaban J connectivity index is 1.62. The van der Waals surface area contributed by atoms with Crippen molar-refractivity contribution in [2.75, 3.05) is 6.61 Å². The van der Waals surface area contributed by atoms with Gasteiger partial charge < -0.3 is 5.11 Å². The molecule has 0 saturated heterocycles. The molecule has 2 aliphatic rings. The fourth-order valence-corrected chi connectivity index (χ4v) is 4.04. The molecule has 1 aromatic rings. The molecule has 0 bridgehead atoms. The van der Waals surface area contributed by atoms with Crippen LogP contribution in [0.2, 0.25) is 5.02 Å². The highest BCUT2D eigenvalue weighted by Crippen LogP contribution is 2.47. The molecule has 0 spiro atoms. The van der Waals surface area contributed by atoms with Crippen LogP contribution in [-0.4, -0.2) is 23.8 Å². The van der Waals surface area contributed by atoms with Crippen molar-refractivity contribution in [1.29, 1.82) is 0 Å². The Bertz CT molecular complexity index is 586. The van der Waals surface area contributed by atoms with Crippen molar-refractivity contribution in [3.63, 3.8) is 0 Å². The van der Waals surface area contributed by atoms with E-state index in [0.717, 1.165) is 24.8 Å². The number of amides is 1. The molecule has 2 fully saturated rings. The highest BCUT2D eigenvalue weighted by Gasteiger charge is 2.55. The standard InChI is InChI=1S/C20H26ClNO2/c21-18-8-6-17(7-9-18)20(10-11-20)19(24)22-13-16(14-23)12-15-4-2-1-3-5-15/h6-9,13,15-16,23H,1-5,10-12,14H2/p+1. The lowest BCUT2D eigenvalue weighted by Gasteiger charge is -2.22. The van der Waals surface area contributed by atoms with E-state index in [4.69, 9.17) is 11.6 Å². The second-order valence-electron chi connectivity index (χ2n) is 7.41. The number of rotatable bonds is 6. The average molecular weight is 349 g/mol. The predicted molar refractivity (Wildman–Crippen MR) is 96.2 cm³/mol. The van der Waals surface area contributed by atoms with Gasteiger partial charge >= 0.3 is 5.91 Å². The highest BCUT2D eigenvalue weighted by atomic mass is 35.5. The highest BCUT2D eigenvalue weighted by molar-refractivity contribution is 6.30. The van der Waals surface area contributed by atoms with E-state index in [1.165, 1.54) is 32.1 Å². The van der Waals surface area contributed by atoms with Gasteiger partial charge in [0.1, 0.15) is 5.41 Å². The van der Waals surface area contributed by atoms with E-state index in [0.29, 0.717) is 10.9 Å². The van der Waals surface area contributed by atoms with Crippen molar-refractivity contribution in [1.82, 2.24) is 0 Å². The van der Waals surface area contributed by atoms with Crippen LogP contribution in [0.3, 0.4) is 0 Å². The van der Waals surface area contributed by atoms with Crippen LogP contribution >= 0.6 is 11.6 Å². The van der Waals surface area contributed by atoms with E-state index in [9.17, 15) is 9.90 Å². The number of hydrogen-bond donors (Lipinski definition) is 2. The van der Waals surface area contributed by atoms with E-state index in [1.54, 1.807) is 0 Å². The molecule has 24 heavy (non-hydrogen) atoms. The number of carbonyl (C=O) groups is 1. The van der Waals surface area contributed by atoms with Gasteiger partial charge in [-0.3, -0.25) is 0 Å². The molecule has 1 aromatic carbocycles. The van der Waals surface area contributed by atoms with Crippen molar-refractivity contribution >= 4 is 23.7 Å². The number of aliphatic hydroxyl groups excluding tert-OH is 1. The molecule has 130 valence electrons. The fraction of sp³-hybridized carbons (Fsp3) is 0.600. The van der Waals surface area contributed by atoms with Gasteiger partial charge in [-0.2, -0.15) is 4.99 Å². The number of benzene rings is 1. The molecule has 1 atom stereocenters. The molecular formula is C20H27ClNO2+. The molecule has 0 aliphatic heterocycles. The van der Waals surface area contributed by atoms with Crippen LogP contribution in [0.1, 0.15) is 56.9 Å². The van der Waals surface area contributed by atoms with E-state index < -0.39 is 5.41 Å². The van der Waals surface area contributed by atoms with Crippen LogP contribution in [0.4, 0.5) is 0 Å². The van der Waals surface area contributed by atoms with Crippen molar-refractivity contribution < 1.29 is 14.9 Å². The lowest BCUT2D eigenvalue weighted by Crippen LogP contribution is -2.78. The van der Waals surface area contributed by atoms with Crippen LogP contribution in [-0.2, 0) is 10.2 Å². The molecule has 2 N–H and O–H groups in total. The first-order chi connectivity index (χ1) is 11.6. The summed E-state index contributed by atoms with van der Waals surface area (Å²) in [4.78, 5) is 15.7. The molecule has 4 heteroatoms. The van der Waals surface area contributed by atoms with E-state index in [2.05, 4.69) is 4.99 Å². The minimum Gasteiger partial charge on any atom is -0.396 e. The summed E-state index contributed by atoms with van der Waals surface area (Å²) in [6, 6.07) is 7.57. The number of aliphatic hydroxyl groups is 1. The topological polar surface area (TPSA) is 51.3 Å². The van der Waals surface area contributed by atoms with Crippen molar-refractivity contribution in [2.24, 2.45) is 11.8 Å². The first-order valence-corrected chi connectivity index (χ1v) is 9.53. The van der Waals surface area contributed by atoms with Crippen LogP contribution in [0.5, 0.6) is 0 Å². The molecule has 2 saturated carbocycles. The summed E-state index contributed by atoms with van der Waals surface area (Å²) in [5.74, 6) is 0.792. The minimum atomic E-state index is -0.397. The van der Waals surface area contributed by atoms with Gasteiger partial charge in [0.05, 0.1) is 12.5 Å². The molecule has 1 unspecified atom stereocenters. The quantitative estimate of drug-likeness (QED) is 0.776. The number of hydrogen-bond acceptors (Lipinski definition) is 2. The zero-order valence-electron chi connectivity index (χ0n) is 14.1. The normalized spacial score (nSPS) is 21.8. The maximum absolute atomic E-state index is 12.7. The lowest BCUT2D eigenvalue weighted by atomic mass is 9.83. The van der Waals surface area contributed by atoms with Gasteiger partial charge in [0.15, 0.2) is 6.21 Å². The Hall–Kier alpha value is -1.19. The fourth-order valence-electron chi connectivity index (χ4n) is 3.92. The third-order valence-electron chi connectivity index (χ3n) is 5.63. The van der Waals surface area contributed by atoms with Gasteiger partial charge in [0, 0.05) is 5.02 Å². The van der Waals surface area contributed by atoms with Crippen molar-refractivity contribution in [2.45, 2.75) is 56.8 Å². The summed E-state index contributed by atoms with van der Waals surface area (Å²) in [5.41, 5.74) is 0.636. The molecule has 1 amide bonds. The van der Waals surface area contributed by atoms with Gasteiger partial charge in [-0.1, -0.05) is 55.8 Å². The zero-order valence-corrected chi connectivity index (χ0v) is 14.9. The van der Waals surface area contributed by atoms with Gasteiger partial charge in [0.2, 0.25) is 0 Å². The second-order valence-corrected chi connectivity index (χ2v) is 7.85. The lowest BCUT2D eigenvalue weighted by molar-refractivity contribution is -0.379. The molecule has 2 aliphatic carbocycles. The first-order valence-electron chi connectivity index (χ1n) is 9.15. The van der Waals surface area contributed by atoms with E-state index in [-0.39, 0.29) is 18.4 Å². The maximum atomic E-state index is 12.7. The van der Waals surface area contributed by atoms with E-state index >= 15 is 0 Å². The Morgan fingerprint density at radius 2 is 1.92 bits per heavy atom. The van der Waals surface area contributed by atoms with Gasteiger partial charge in [-0.05, 0) is 42.9 Å². The number of halogens is 1. The third kappa shape index (κ3) is 4.07. The number of carbonyl (C=O) groups excluding carboxylic acids is 1. The zero-order chi connectivity index (χ0) is 17.0. The van der Waals surface area contributed by atoms with E-state index in [1.807, 2.05) is 30.5 Å². The van der Waals surface area contributed by atoms with Crippen LogP contribution < -0.4 is 4.99 Å². The Morgan fingerprint density at radius 1 is 1.25 bits per heavy atom. The third-order valence-corrected chi connectivity index (χ3v) is 5.88. The molecule has 0 heterocycles. The average Bonchev–Trinajstić information content (AvgIpc) is 3.41. The van der Waals surface area contributed by atoms with Crippen molar-refractivity contribution in [3.8, 4) is 0 Å². The summed E-state index contributed by atoms with van der Waals surface area (Å²) >= 11 is 5.94. The van der Waals surface area contributed by atoms with Crippen LogP contribution in [0.25, 0.3) is 0 Å². The minimum absolute atomic E-state index is 0.0481. The molecule has 3 nitrogen and oxygen atoms in total. The van der Waals surface area contributed by atoms with Gasteiger partial charge in [-0.25, -0.2) is 4.79 Å². The SMILES string of the molecule is O=C([NH+]=CC(CO)CC1CCCCC1)C1(c2ccc(Cl)cc2)CC1. The Morgan fingerprint density at radius 3 is 2.50 bits per heavy atom. The summed E-state index contributed by atoms with van der Waals surface area (Å²) in [6.45, 7) is 0.102. The van der Waals surface area contributed by atoms with Gasteiger partial charge in [-0.15, -0.1) is 0 Å². The smallest absolute Gasteiger partial charge is 0.395 e. The molecule has 0 aromatic heterocycles. The van der Waals surface area contributed by atoms with Crippen LogP contribution in [0.15, 0.2) is 24.3 Å². The van der Waals surface area contributed by atoms with Crippen molar-refractivity contribution in [3.05, 3.63) is 34.9 Å². The molecule has 0 radical (unpaired) electrons. The summed E-state index contributed by atoms with van der Waals surface area (Å²) in [7, 11) is 0.